The van der Waals surface area contributed by atoms with Crippen LogP contribution >= 0.6 is 0 Å². The Morgan fingerprint density at radius 1 is 1.00 bits per heavy atom. The van der Waals surface area contributed by atoms with E-state index in [1.54, 1.807) is 12.1 Å². The number of amides is 1. The second kappa shape index (κ2) is 9.72. The third-order valence-corrected chi connectivity index (χ3v) is 7.11. The number of sulfonamides is 1. The summed E-state index contributed by atoms with van der Waals surface area (Å²) in [7, 11) is -4.25. The summed E-state index contributed by atoms with van der Waals surface area (Å²) in [6.45, 7) is 4.10. The van der Waals surface area contributed by atoms with E-state index in [0.717, 1.165) is 15.9 Å². The van der Waals surface area contributed by atoms with Gasteiger partial charge in [0.1, 0.15) is 25.6 Å². The number of benzene rings is 3. The molecule has 0 spiro atoms. The lowest BCUT2D eigenvalue weighted by Gasteiger charge is -2.25. The fourth-order valence-electron chi connectivity index (χ4n) is 3.69. The van der Waals surface area contributed by atoms with E-state index in [2.05, 4.69) is 5.32 Å². The summed E-state index contributed by atoms with van der Waals surface area (Å²) in [5.74, 6) is -0.298. The molecule has 34 heavy (non-hydrogen) atoms. The Morgan fingerprint density at radius 3 is 2.47 bits per heavy atom. The van der Waals surface area contributed by atoms with Gasteiger partial charge in [0, 0.05) is 11.8 Å². The minimum atomic E-state index is -4.25. The summed E-state index contributed by atoms with van der Waals surface area (Å²) in [6, 6.07) is 16.7. The zero-order valence-corrected chi connectivity index (χ0v) is 19.6. The van der Waals surface area contributed by atoms with Crippen molar-refractivity contribution < 1.29 is 27.1 Å². The van der Waals surface area contributed by atoms with Gasteiger partial charge in [-0.2, -0.15) is 0 Å². The normalized spacial score (nSPS) is 12.9. The van der Waals surface area contributed by atoms with Crippen molar-refractivity contribution in [2.75, 3.05) is 29.4 Å². The number of nitrogens with one attached hydrogen (secondary N) is 1. The molecule has 1 N–H and O–H groups in total. The molecule has 0 saturated heterocycles. The Morgan fingerprint density at radius 2 is 1.74 bits per heavy atom. The van der Waals surface area contributed by atoms with Crippen molar-refractivity contribution in [3.8, 4) is 11.5 Å². The molecule has 0 aliphatic carbocycles. The average Bonchev–Trinajstić information content (AvgIpc) is 2.82. The Bertz CT molecular complexity index is 1310. The van der Waals surface area contributed by atoms with E-state index in [1.807, 2.05) is 26.0 Å². The van der Waals surface area contributed by atoms with Crippen LogP contribution in [0.3, 0.4) is 0 Å². The average molecular weight is 485 g/mol. The second-order valence-electron chi connectivity index (χ2n) is 8.09. The van der Waals surface area contributed by atoms with Crippen LogP contribution in [0.25, 0.3) is 0 Å². The molecule has 3 aromatic carbocycles. The molecular weight excluding hydrogens is 459 g/mol. The summed E-state index contributed by atoms with van der Waals surface area (Å²) < 4.78 is 53.1. The van der Waals surface area contributed by atoms with Crippen molar-refractivity contribution in [3.63, 3.8) is 0 Å². The molecule has 0 bridgehead atoms. The molecule has 0 aromatic heterocycles. The van der Waals surface area contributed by atoms with Gasteiger partial charge in [-0.15, -0.1) is 0 Å². The van der Waals surface area contributed by atoms with Crippen molar-refractivity contribution >= 4 is 27.3 Å². The van der Waals surface area contributed by atoms with Gasteiger partial charge in [-0.1, -0.05) is 38.1 Å². The fourth-order valence-corrected chi connectivity index (χ4v) is 5.12. The second-order valence-corrected chi connectivity index (χ2v) is 9.95. The third kappa shape index (κ3) is 4.99. The molecule has 0 radical (unpaired) electrons. The molecule has 1 heterocycles. The van der Waals surface area contributed by atoms with Gasteiger partial charge in [-0.05, 0) is 47.9 Å². The first-order chi connectivity index (χ1) is 16.3. The van der Waals surface area contributed by atoms with Crippen LogP contribution in [-0.2, 0) is 14.8 Å². The first-order valence-corrected chi connectivity index (χ1v) is 12.3. The van der Waals surface area contributed by atoms with Crippen LogP contribution in [0.1, 0.15) is 25.3 Å². The quantitative estimate of drug-likeness (QED) is 0.532. The van der Waals surface area contributed by atoms with Crippen molar-refractivity contribution in [3.05, 3.63) is 78.1 Å². The number of carbonyl (C=O) groups is 1. The molecule has 0 fully saturated rings. The van der Waals surface area contributed by atoms with Crippen molar-refractivity contribution in [1.82, 2.24) is 0 Å². The van der Waals surface area contributed by atoms with Crippen molar-refractivity contribution in [2.45, 2.75) is 24.7 Å². The van der Waals surface area contributed by atoms with Crippen LogP contribution < -0.4 is 19.1 Å². The number of hydrogen-bond acceptors (Lipinski definition) is 5. The Labute approximate surface area is 198 Å². The zero-order valence-electron chi connectivity index (χ0n) is 18.8. The Kier molecular flexibility index (Phi) is 6.74. The zero-order chi connectivity index (χ0) is 24.3. The number of halogens is 1. The van der Waals surface area contributed by atoms with Gasteiger partial charge < -0.3 is 14.8 Å². The lowest BCUT2D eigenvalue weighted by molar-refractivity contribution is -0.114. The summed E-state index contributed by atoms with van der Waals surface area (Å²) in [6.07, 6.45) is 0. The van der Waals surface area contributed by atoms with E-state index >= 15 is 0 Å². The standard InChI is InChI=1S/C25H25FN2O5S/c1-17(2)21-8-3-4-9-22(21)27-25(29)16-28(19-7-5-6-18(26)14-19)34(30,31)20-10-11-23-24(15-20)33-13-12-32-23/h3-11,14-15,17H,12-13,16H2,1-2H3,(H,27,29). The summed E-state index contributed by atoms with van der Waals surface area (Å²) in [5, 5.41) is 2.80. The van der Waals surface area contributed by atoms with E-state index in [9.17, 15) is 17.6 Å². The maximum Gasteiger partial charge on any atom is 0.264 e. The van der Waals surface area contributed by atoms with Gasteiger partial charge in [0.2, 0.25) is 5.91 Å². The molecule has 1 amide bonds. The summed E-state index contributed by atoms with van der Waals surface area (Å²) in [4.78, 5) is 12.9. The number of rotatable bonds is 7. The highest BCUT2D eigenvalue weighted by Crippen LogP contribution is 2.34. The largest absolute Gasteiger partial charge is 0.486 e. The molecular formula is C25H25FN2O5S. The predicted octanol–water partition coefficient (Wildman–Crippen LogP) is 4.55. The third-order valence-electron chi connectivity index (χ3n) is 5.34. The molecule has 1 aliphatic rings. The van der Waals surface area contributed by atoms with Crippen LogP contribution in [0.5, 0.6) is 11.5 Å². The number of carbonyl (C=O) groups excluding carboxylic acids is 1. The molecule has 0 saturated carbocycles. The van der Waals surface area contributed by atoms with Crippen LogP contribution in [0, 0.1) is 5.82 Å². The number of ether oxygens (including phenoxy) is 2. The SMILES string of the molecule is CC(C)c1ccccc1NC(=O)CN(c1cccc(F)c1)S(=O)(=O)c1ccc2c(c1)OCCO2. The van der Waals surface area contributed by atoms with Gasteiger partial charge >= 0.3 is 0 Å². The van der Waals surface area contributed by atoms with E-state index in [0.29, 0.717) is 30.4 Å². The van der Waals surface area contributed by atoms with Crippen LogP contribution in [0.15, 0.2) is 71.6 Å². The van der Waals surface area contributed by atoms with Crippen molar-refractivity contribution in [1.29, 1.82) is 0 Å². The number of fused-ring (bicyclic) bond motifs is 1. The molecule has 1 aliphatic heterocycles. The molecule has 0 unspecified atom stereocenters. The minimum Gasteiger partial charge on any atom is -0.486 e. The number of nitrogens with zero attached hydrogens (tertiary/aromatic N) is 1. The lowest BCUT2D eigenvalue weighted by atomic mass is 10.0. The first kappa shape index (κ1) is 23.6. The summed E-state index contributed by atoms with van der Waals surface area (Å²) >= 11 is 0. The minimum absolute atomic E-state index is 0.0298. The maximum absolute atomic E-state index is 14.0. The van der Waals surface area contributed by atoms with Crippen molar-refractivity contribution in [2.24, 2.45) is 0 Å². The monoisotopic (exact) mass is 484 g/mol. The number of hydrogen-bond donors (Lipinski definition) is 1. The molecule has 3 aromatic rings. The smallest absolute Gasteiger partial charge is 0.264 e. The number of para-hydroxylation sites is 1. The van der Waals surface area contributed by atoms with E-state index in [-0.39, 0.29) is 16.5 Å². The van der Waals surface area contributed by atoms with Gasteiger partial charge in [0.15, 0.2) is 11.5 Å². The van der Waals surface area contributed by atoms with Gasteiger partial charge in [-0.25, -0.2) is 12.8 Å². The predicted molar refractivity (Wildman–Crippen MR) is 128 cm³/mol. The molecule has 0 atom stereocenters. The van der Waals surface area contributed by atoms with Gasteiger partial charge in [-0.3, -0.25) is 9.10 Å². The fraction of sp³-hybridized carbons (Fsp3) is 0.240. The van der Waals surface area contributed by atoms with Gasteiger partial charge in [0.25, 0.3) is 10.0 Å². The van der Waals surface area contributed by atoms with E-state index in [1.165, 1.54) is 36.4 Å². The Hall–Kier alpha value is -3.59. The molecule has 178 valence electrons. The maximum atomic E-state index is 14.0. The lowest BCUT2D eigenvalue weighted by Crippen LogP contribution is -2.38. The summed E-state index contributed by atoms with van der Waals surface area (Å²) in [5.41, 5.74) is 1.54. The highest BCUT2D eigenvalue weighted by atomic mass is 32.2. The molecule has 9 heteroatoms. The van der Waals surface area contributed by atoms with Crippen LogP contribution in [0.4, 0.5) is 15.8 Å². The highest BCUT2D eigenvalue weighted by Gasteiger charge is 2.29. The van der Waals surface area contributed by atoms with Gasteiger partial charge in [0.05, 0.1) is 10.6 Å². The van der Waals surface area contributed by atoms with Crippen LogP contribution in [0.2, 0.25) is 0 Å². The Balaban J connectivity index is 1.68. The first-order valence-electron chi connectivity index (χ1n) is 10.8. The highest BCUT2D eigenvalue weighted by molar-refractivity contribution is 7.92. The molecule has 4 rings (SSSR count). The van der Waals surface area contributed by atoms with Crippen LogP contribution in [-0.4, -0.2) is 34.1 Å². The topological polar surface area (TPSA) is 84.9 Å². The molecule has 7 nitrogen and oxygen atoms in total. The van der Waals surface area contributed by atoms with E-state index in [4.69, 9.17) is 9.47 Å². The number of anilines is 2. The van der Waals surface area contributed by atoms with E-state index < -0.39 is 28.3 Å².